The molecule has 0 amide bonds. The van der Waals surface area contributed by atoms with E-state index in [0.717, 1.165) is 34.8 Å². The van der Waals surface area contributed by atoms with Crippen LogP contribution in [-0.2, 0) is 0 Å². The number of nitrogens with one attached hydrogen (secondary N) is 1. The van der Waals surface area contributed by atoms with Crippen molar-refractivity contribution in [2.24, 2.45) is 0 Å². The van der Waals surface area contributed by atoms with Crippen molar-refractivity contribution in [3.05, 3.63) is 47.5 Å². The van der Waals surface area contributed by atoms with Gasteiger partial charge in [-0.25, -0.2) is 0 Å². The second-order valence-electron chi connectivity index (χ2n) is 11.9. The summed E-state index contributed by atoms with van der Waals surface area (Å²) >= 11 is 0. The maximum atomic E-state index is 5.55. The Morgan fingerprint density at radius 3 is 2.05 bits per heavy atom. The predicted molar refractivity (Wildman–Crippen MR) is 157 cm³/mol. The summed E-state index contributed by atoms with van der Waals surface area (Å²) in [5.41, 5.74) is 6.30. The van der Waals surface area contributed by atoms with Crippen molar-refractivity contribution in [3.63, 3.8) is 0 Å². The van der Waals surface area contributed by atoms with Gasteiger partial charge in [0.2, 0.25) is 0 Å². The Bertz CT molecular complexity index is 1230. The number of likely N-dealkylation sites (tertiary alicyclic amines) is 2. The van der Waals surface area contributed by atoms with Crippen LogP contribution >= 0.6 is 0 Å². The van der Waals surface area contributed by atoms with Gasteiger partial charge in [-0.1, -0.05) is 25.3 Å². The maximum absolute atomic E-state index is 5.55. The lowest BCUT2D eigenvalue weighted by Gasteiger charge is -2.44. The highest BCUT2D eigenvalue weighted by Gasteiger charge is 2.31. The van der Waals surface area contributed by atoms with Crippen molar-refractivity contribution >= 4 is 10.9 Å². The lowest BCUT2D eigenvalue weighted by molar-refractivity contribution is 0.0586. The molecule has 0 atom stereocenters. The van der Waals surface area contributed by atoms with E-state index >= 15 is 0 Å². The number of methoxy groups -OCH3 is 2. The topological polar surface area (TPSA) is 40.7 Å². The predicted octanol–water partition coefficient (Wildman–Crippen LogP) is 7.14. The highest BCUT2D eigenvalue weighted by molar-refractivity contribution is 5.91. The van der Waals surface area contributed by atoms with Crippen LogP contribution in [0.2, 0.25) is 0 Å². The lowest BCUT2D eigenvalue weighted by atomic mass is 9.87. The number of hydrogen-bond donors (Lipinski definition) is 1. The Morgan fingerprint density at radius 2 is 1.37 bits per heavy atom. The highest BCUT2D eigenvalue weighted by atomic mass is 16.5. The van der Waals surface area contributed by atoms with Gasteiger partial charge < -0.3 is 24.3 Å². The van der Waals surface area contributed by atoms with Gasteiger partial charge >= 0.3 is 0 Å². The molecule has 1 N–H and O–H groups in total. The first kappa shape index (κ1) is 25.8. The van der Waals surface area contributed by atoms with Gasteiger partial charge in [0.15, 0.2) is 11.5 Å². The van der Waals surface area contributed by atoms with Gasteiger partial charge in [-0.05, 0) is 119 Å². The van der Waals surface area contributed by atoms with Gasteiger partial charge in [-0.3, -0.25) is 0 Å². The molecule has 5 nitrogen and oxygen atoms in total. The number of aryl methyl sites for hydroxylation is 1. The largest absolute Gasteiger partial charge is 0.493 e. The zero-order valence-electron chi connectivity index (χ0n) is 23.6. The molecule has 38 heavy (non-hydrogen) atoms. The molecule has 5 heteroatoms. The third-order valence-electron chi connectivity index (χ3n) is 9.86. The van der Waals surface area contributed by atoms with Crippen LogP contribution in [0.4, 0.5) is 0 Å². The van der Waals surface area contributed by atoms with Crippen molar-refractivity contribution in [2.45, 2.75) is 82.7 Å². The molecule has 1 saturated carbocycles. The lowest BCUT2D eigenvalue weighted by Crippen LogP contribution is -2.50. The minimum atomic E-state index is 0.664. The minimum absolute atomic E-state index is 0.664. The Labute approximate surface area is 228 Å². The average Bonchev–Trinajstić information content (AvgIpc) is 3.33. The summed E-state index contributed by atoms with van der Waals surface area (Å²) in [5.74, 6) is 2.18. The number of benzene rings is 2. The smallest absolute Gasteiger partial charge is 0.161 e. The number of hydrogen-bond acceptors (Lipinski definition) is 4. The normalized spacial score (nSPS) is 21.2. The zero-order valence-corrected chi connectivity index (χ0v) is 23.6. The fourth-order valence-electron chi connectivity index (χ4n) is 7.54. The molecule has 1 aromatic heterocycles. The maximum Gasteiger partial charge on any atom is 0.161 e. The van der Waals surface area contributed by atoms with Gasteiger partial charge in [-0.2, -0.15) is 0 Å². The second-order valence-corrected chi connectivity index (χ2v) is 11.9. The molecule has 0 bridgehead atoms. The molecule has 0 radical (unpaired) electrons. The average molecular weight is 516 g/mol. The molecule has 0 spiro atoms. The summed E-state index contributed by atoms with van der Waals surface area (Å²) < 4.78 is 11.0. The van der Waals surface area contributed by atoms with Crippen molar-refractivity contribution in [1.82, 2.24) is 14.8 Å². The summed E-state index contributed by atoms with van der Waals surface area (Å²) in [7, 11) is 3.37. The van der Waals surface area contributed by atoms with Crippen molar-refractivity contribution < 1.29 is 9.47 Å². The summed E-state index contributed by atoms with van der Waals surface area (Å²) in [5, 5.41) is 1.34. The van der Waals surface area contributed by atoms with E-state index < -0.39 is 0 Å². The molecule has 3 fully saturated rings. The van der Waals surface area contributed by atoms with Crippen LogP contribution in [0.25, 0.3) is 22.2 Å². The summed E-state index contributed by atoms with van der Waals surface area (Å²) in [6.45, 7) is 7.37. The standard InChI is InChI=1S/C33H45N3O2/c1-23-29-21-25(9-11-30(29)34-33(23)26-10-12-31(37-2)32(22-26)38-3)24-13-17-35(18-14-24)28-15-19-36(20-16-28)27-7-5-4-6-8-27/h9-12,21-22,24,27-28,34H,4-8,13-20H2,1-3H3. The van der Waals surface area contributed by atoms with E-state index in [1.807, 2.05) is 6.07 Å². The molecule has 1 aliphatic carbocycles. The number of H-pyrrole nitrogens is 1. The molecular weight excluding hydrogens is 470 g/mol. The monoisotopic (exact) mass is 515 g/mol. The first-order valence-corrected chi connectivity index (χ1v) is 15.0. The summed E-state index contributed by atoms with van der Waals surface area (Å²) in [6.07, 6.45) is 12.5. The molecule has 6 rings (SSSR count). The first-order valence-electron chi connectivity index (χ1n) is 15.0. The highest BCUT2D eigenvalue weighted by Crippen LogP contribution is 2.38. The van der Waals surface area contributed by atoms with E-state index in [-0.39, 0.29) is 0 Å². The van der Waals surface area contributed by atoms with Gasteiger partial charge in [0.25, 0.3) is 0 Å². The van der Waals surface area contributed by atoms with E-state index in [1.165, 1.54) is 106 Å². The fraction of sp³-hybridized carbons (Fsp3) is 0.576. The number of fused-ring (bicyclic) bond motifs is 1. The fourth-order valence-corrected chi connectivity index (χ4v) is 7.54. The molecule has 2 saturated heterocycles. The van der Waals surface area contributed by atoms with Crippen molar-refractivity contribution in [2.75, 3.05) is 40.4 Å². The van der Waals surface area contributed by atoms with Crippen LogP contribution in [0.15, 0.2) is 36.4 Å². The molecule has 3 aromatic rings. The third kappa shape index (κ3) is 5.08. The number of rotatable bonds is 6. The number of aromatic nitrogens is 1. The Morgan fingerprint density at radius 1 is 0.711 bits per heavy atom. The Kier molecular flexibility index (Phi) is 7.67. The Hall–Kier alpha value is -2.50. The number of piperidine rings is 2. The SMILES string of the molecule is COc1ccc(-c2[nH]c3ccc(C4CCN(C5CCN(C6CCCCC6)CC5)CC4)cc3c2C)cc1OC. The summed E-state index contributed by atoms with van der Waals surface area (Å²) in [6, 6.07) is 14.9. The van der Waals surface area contributed by atoms with Crippen LogP contribution in [-0.4, -0.2) is 67.3 Å². The number of aromatic amines is 1. The molecule has 2 aromatic carbocycles. The zero-order chi connectivity index (χ0) is 26.1. The molecule has 3 heterocycles. The number of ether oxygens (including phenoxy) is 2. The van der Waals surface area contributed by atoms with E-state index in [4.69, 9.17) is 9.47 Å². The number of nitrogens with zero attached hydrogens (tertiary/aromatic N) is 2. The van der Waals surface area contributed by atoms with Crippen LogP contribution in [0.1, 0.15) is 74.8 Å². The van der Waals surface area contributed by atoms with Gasteiger partial charge in [0, 0.05) is 34.2 Å². The van der Waals surface area contributed by atoms with Crippen molar-refractivity contribution in [1.29, 1.82) is 0 Å². The van der Waals surface area contributed by atoms with Crippen molar-refractivity contribution in [3.8, 4) is 22.8 Å². The van der Waals surface area contributed by atoms with Crippen LogP contribution in [0.3, 0.4) is 0 Å². The van der Waals surface area contributed by atoms with Crippen LogP contribution in [0, 0.1) is 6.92 Å². The van der Waals surface area contributed by atoms with Gasteiger partial charge in [0.05, 0.1) is 14.2 Å². The van der Waals surface area contributed by atoms with Gasteiger partial charge in [-0.15, -0.1) is 0 Å². The van der Waals surface area contributed by atoms with E-state index in [0.29, 0.717) is 5.92 Å². The van der Waals surface area contributed by atoms with Crippen LogP contribution < -0.4 is 9.47 Å². The van der Waals surface area contributed by atoms with Gasteiger partial charge in [0.1, 0.15) is 0 Å². The molecule has 2 aliphatic heterocycles. The first-order chi connectivity index (χ1) is 18.6. The molecular formula is C33H45N3O2. The molecule has 3 aliphatic rings. The van der Waals surface area contributed by atoms with E-state index in [2.05, 4.69) is 52.0 Å². The second kappa shape index (κ2) is 11.3. The Balaban J connectivity index is 1.10. The third-order valence-corrected chi connectivity index (χ3v) is 9.86. The minimum Gasteiger partial charge on any atom is -0.493 e. The molecule has 204 valence electrons. The molecule has 0 unspecified atom stereocenters. The van der Waals surface area contributed by atoms with E-state index in [9.17, 15) is 0 Å². The van der Waals surface area contributed by atoms with E-state index in [1.54, 1.807) is 14.2 Å². The van der Waals surface area contributed by atoms with Crippen LogP contribution in [0.5, 0.6) is 11.5 Å². The summed E-state index contributed by atoms with van der Waals surface area (Å²) in [4.78, 5) is 9.32. The quantitative estimate of drug-likeness (QED) is 0.379.